The molecule has 1 unspecified atom stereocenters. The van der Waals surface area contributed by atoms with Crippen molar-refractivity contribution in [2.24, 2.45) is 0 Å². The predicted octanol–water partition coefficient (Wildman–Crippen LogP) is 0.555. The molecule has 7 heteroatoms. The lowest BCUT2D eigenvalue weighted by atomic mass is 10.2. The minimum atomic E-state index is -0.860. The van der Waals surface area contributed by atoms with Gasteiger partial charge in [0.15, 0.2) is 5.82 Å². The molecule has 0 aromatic carbocycles. The van der Waals surface area contributed by atoms with Gasteiger partial charge in [0.05, 0.1) is 38.1 Å². The standard InChI is InChI=1S/C12H17N3O4/c1-2-18-11-7-13-6-10(14-11)15-3-4-19-9(8-15)5-12(16)17/h6-7,9H,2-5,8H2,1H3,(H,16,17). The van der Waals surface area contributed by atoms with Crippen LogP contribution in [0.2, 0.25) is 0 Å². The lowest BCUT2D eigenvalue weighted by molar-refractivity contribution is -0.140. The Morgan fingerprint density at radius 1 is 1.63 bits per heavy atom. The van der Waals surface area contributed by atoms with Crippen LogP contribution in [-0.2, 0) is 9.53 Å². The number of aliphatic carboxylic acids is 1. The molecule has 1 aromatic heterocycles. The summed E-state index contributed by atoms with van der Waals surface area (Å²) in [5.41, 5.74) is 0. The Kier molecular flexibility index (Phi) is 4.51. The van der Waals surface area contributed by atoms with Crippen molar-refractivity contribution in [2.75, 3.05) is 31.2 Å². The van der Waals surface area contributed by atoms with Crippen molar-refractivity contribution in [2.45, 2.75) is 19.4 Å². The molecule has 0 aliphatic carbocycles. The average Bonchev–Trinajstić information content (AvgIpc) is 2.39. The number of rotatable bonds is 5. The van der Waals surface area contributed by atoms with Crippen LogP contribution in [0.15, 0.2) is 12.4 Å². The fourth-order valence-electron chi connectivity index (χ4n) is 1.95. The molecule has 1 aliphatic heterocycles. The normalized spacial score (nSPS) is 19.2. The molecule has 7 nitrogen and oxygen atoms in total. The largest absolute Gasteiger partial charge is 0.481 e. The second-order valence-corrected chi connectivity index (χ2v) is 4.19. The summed E-state index contributed by atoms with van der Waals surface area (Å²) in [5, 5.41) is 8.79. The third kappa shape index (κ3) is 3.78. The van der Waals surface area contributed by atoms with E-state index < -0.39 is 5.97 Å². The van der Waals surface area contributed by atoms with E-state index in [1.807, 2.05) is 11.8 Å². The van der Waals surface area contributed by atoms with Crippen LogP contribution in [0.25, 0.3) is 0 Å². The van der Waals surface area contributed by atoms with Crippen LogP contribution < -0.4 is 9.64 Å². The minimum absolute atomic E-state index is 0.00488. The van der Waals surface area contributed by atoms with Gasteiger partial charge in [0, 0.05) is 13.1 Å². The van der Waals surface area contributed by atoms with E-state index in [0.29, 0.717) is 38.0 Å². The molecule has 0 spiro atoms. The number of morpholine rings is 1. The van der Waals surface area contributed by atoms with Crippen molar-refractivity contribution in [3.8, 4) is 5.88 Å². The zero-order chi connectivity index (χ0) is 13.7. The SMILES string of the molecule is CCOc1cncc(N2CCOC(CC(=O)O)C2)n1. The summed E-state index contributed by atoms with van der Waals surface area (Å²) >= 11 is 0. The van der Waals surface area contributed by atoms with Crippen molar-refractivity contribution in [3.63, 3.8) is 0 Å². The molecule has 19 heavy (non-hydrogen) atoms. The molecule has 1 fully saturated rings. The molecule has 1 aliphatic rings. The number of hydrogen-bond acceptors (Lipinski definition) is 6. The maximum Gasteiger partial charge on any atom is 0.306 e. The number of carbonyl (C=O) groups is 1. The van der Waals surface area contributed by atoms with Crippen LogP contribution in [-0.4, -0.2) is 53.5 Å². The average molecular weight is 267 g/mol. The van der Waals surface area contributed by atoms with Gasteiger partial charge in [-0.05, 0) is 6.92 Å². The minimum Gasteiger partial charge on any atom is -0.481 e. The first-order chi connectivity index (χ1) is 9.19. The van der Waals surface area contributed by atoms with Crippen molar-refractivity contribution in [1.29, 1.82) is 0 Å². The van der Waals surface area contributed by atoms with E-state index in [2.05, 4.69) is 9.97 Å². The Morgan fingerprint density at radius 2 is 2.47 bits per heavy atom. The quantitative estimate of drug-likeness (QED) is 0.834. The first kappa shape index (κ1) is 13.5. The van der Waals surface area contributed by atoms with E-state index >= 15 is 0 Å². The summed E-state index contributed by atoms with van der Waals surface area (Å²) in [6.45, 7) is 4.06. The zero-order valence-electron chi connectivity index (χ0n) is 10.8. The van der Waals surface area contributed by atoms with E-state index in [9.17, 15) is 4.79 Å². The number of anilines is 1. The predicted molar refractivity (Wildman–Crippen MR) is 67.4 cm³/mol. The Labute approximate surface area is 111 Å². The molecule has 1 saturated heterocycles. The van der Waals surface area contributed by atoms with Gasteiger partial charge in [-0.3, -0.25) is 9.78 Å². The molecule has 0 bridgehead atoms. The molecule has 1 N–H and O–H groups in total. The Hall–Kier alpha value is -1.89. The number of ether oxygens (including phenoxy) is 2. The summed E-state index contributed by atoms with van der Waals surface area (Å²) < 4.78 is 10.7. The molecule has 2 rings (SSSR count). The second kappa shape index (κ2) is 6.33. The van der Waals surface area contributed by atoms with Crippen LogP contribution in [0, 0.1) is 0 Å². The van der Waals surface area contributed by atoms with Crippen LogP contribution in [0.3, 0.4) is 0 Å². The first-order valence-corrected chi connectivity index (χ1v) is 6.22. The molecule has 104 valence electrons. The molecule has 2 heterocycles. The fraction of sp³-hybridized carbons (Fsp3) is 0.583. The number of aromatic nitrogens is 2. The van der Waals surface area contributed by atoms with Crippen molar-refractivity contribution in [3.05, 3.63) is 12.4 Å². The highest BCUT2D eigenvalue weighted by Gasteiger charge is 2.24. The van der Waals surface area contributed by atoms with Crippen LogP contribution in [0.5, 0.6) is 5.88 Å². The summed E-state index contributed by atoms with van der Waals surface area (Å²) in [5.74, 6) is 0.298. The van der Waals surface area contributed by atoms with Crippen molar-refractivity contribution >= 4 is 11.8 Å². The zero-order valence-corrected chi connectivity index (χ0v) is 10.8. The molecule has 0 amide bonds. The summed E-state index contributed by atoms with van der Waals surface area (Å²) in [7, 11) is 0. The number of nitrogens with zero attached hydrogens (tertiary/aromatic N) is 3. The Balaban J connectivity index is 2.04. The smallest absolute Gasteiger partial charge is 0.306 e. The summed E-state index contributed by atoms with van der Waals surface area (Å²) in [6.07, 6.45) is 2.88. The lowest BCUT2D eigenvalue weighted by Gasteiger charge is -2.32. The second-order valence-electron chi connectivity index (χ2n) is 4.19. The number of carboxylic acid groups (broad SMARTS) is 1. The Bertz CT molecular complexity index is 441. The maximum absolute atomic E-state index is 10.7. The third-order valence-electron chi connectivity index (χ3n) is 2.76. The molecule has 0 saturated carbocycles. The number of hydrogen-bond donors (Lipinski definition) is 1. The lowest BCUT2D eigenvalue weighted by Crippen LogP contribution is -2.43. The van der Waals surface area contributed by atoms with Crippen molar-refractivity contribution in [1.82, 2.24) is 9.97 Å². The van der Waals surface area contributed by atoms with E-state index in [0.717, 1.165) is 0 Å². The number of carboxylic acids is 1. The maximum atomic E-state index is 10.7. The molecule has 0 radical (unpaired) electrons. The third-order valence-corrected chi connectivity index (χ3v) is 2.76. The van der Waals surface area contributed by atoms with Gasteiger partial charge in [0.1, 0.15) is 0 Å². The summed E-state index contributed by atoms with van der Waals surface area (Å²) in [4.78, 5) is 21.1. The molecular weight excluding hydrogens is 250 g/mol. The topological polar surface area (TPSA) is 84.8 Å². The summed E-state index contributed by atoms with van der Waals surface area (Å²) in [6, 6.07) is 0. The van der Waals surface area contributed by atoms with E-state index in [4.69, 9.17) is 14.6 Å². The van der Waals surface area contributed by atoms with Gasteiger partial charge < -0.3 is 19.5 Å². The molecular formula is C12H17N3O4. The Morgan fingerprint density at radius 3 is 3.21 bits per heavy atom. The van der Waals surface area contributed by atoms with Gasteiger partial charge in [0.25, 0.3) is 0 Å². The molecule has 1 atom stereocenters. The highest BCUT2D eigenvalue weighted by molar-refractivity contribution is 5.67. The van der Waals surface area contributed by atoms with Crippen LogP contribution >= 0.6 is 0 Å². The van der Waals surface area contributed by atoms with Gasteiger partial charge in [-0.25, -0.2) is 0 Å². The highest BCUT2D eigenvalue weighted by atomic mass is 16.5. The van der Waals surface area contributed by atoms with E-state index in [1.54, 1.807) is 12.4 Å². The van der Waals surface area contributed by atoms with Gasteiger partial charge in [0.2, 0.25) is 5.88 Å². The van der Waals surface area contributed by atoms with Gasteiger partial charge >= 0.3 is 5.97 Å². The van der Waals surface area contributed by atoms with Crippen LogP contribution in [0.4, 0.5) is 5.82 Å². The van der Waals surface area contributed by atoms with Crippen molar-refractivity contribution < 1.29 is 19.4 Å². The van der Waals surface area contributed by atoms with Gasteiger partial charge in [-0.1, -0.05) is 0 Å². The highest BCUT2D eigenvalue weighted by Crippen LogP contribution is 2.18. The van der Waals surface area contributed by atoms with Gasteiger partial charge in [-0.15, -0.1) is 0 Å². The van der Waals surface area contributed by atoms with Gasteiger partial charge in [-0.2, -0.15) is 4.98 Å². The monoisotopic (exact) mass is 267 g/mol. The fourth-order valence-corrected chi connectivity index (χ4v) is 1.95. The van der Waals surface area contributed by atoms with E-state index in [1.165, 1.54) is 0 Å². The molecule has 1 aromatic rings. The van der Waals surface area contributed by atoms with Crippen LogP contribution in [0.1, 0.15) is 13.3 Å². The van der Waals surface area contributed by atoms with E-state index in [-0.39, 0.29) is 12.5 Å². The first-order valence-electron chi connectivity index (χ1n) is 6.22.